The van der Waals surface area contributed by atoms with Crippen molar-refractivity contribution >= 4 is 16.0 Å². The van der Waals surface area contributed by atoms with Gasteiger partial charge in [-0.3, -0.25) is 4.79 Å². The van der Waals surface area contributed by atoms with Crippen LogP contribution in [0.5, 0.6) is 11.5 Å². The van der Waals surface area contributed by atoms with Crippen LogP contribution in [-0.4, -0.2) is 26.1 Å². The summed E-state index contributed by atoms with van der Waals surface area (Å²) in [4.78, 5) is 10.7. The molecule has 1 heterocycles. The van der Waals surface area contributed by atoms with Crippen molar-refractivity contribution in [1.29, 1.82) is 0 Å². The van der Waals surface area contributed by atoms with E-state index in [1.165, 1.54) is 6.07 Å². The van der Waals surface area contributed by atoms with Crippen molar-refractivity contribution in [1.82, 2.24) is 0 Å². The lowest BCUT2D eigenvalue weighted by molar-refractivity contribution is -0.137. The highest BCUT2D eigenvalue weighted by molar-refractivity contribution is 7.88. The Balaban J connectivity index is 1.70. The number of hydrogen-bond acceptors (Lipinski definition) is 5. The Kier molecular flexibility index (Phi) is 8.09. The quantitative estimate of drug-likeness (QED) is 0.320. The summed E-state index contributed by atoms with van der Waals surface area (Å²) in [6, 6.07) is 17.4. The summed E-state index contributed by atoms with van der Waals surface area (Å²) in [5.74, 6) is -0.861. The summed E-state index contributed by atoms with van der Waals surface area (Å²) in [6.07, 6.45) is 2.49. The fourth-order valence-electron chi connectivity index (χ4n) is 4.58. The van der Waals surface area contributed by atoms with Gasteiger partial charge in [-0.1, -0.05) is 55.0 Å². The van der Waals surface area contributed by atoms with Crippen molar-refractivity contribution in [3.63, 3.8) is 0 Å². The van der Waals surface area contributed by atoms with Crippen LogP contribution in [0.3, 0.4) is 0 Å². The molecule has 1 aliphatic rings. The number of carboxylic acids is 1. The number of alkyl halides is 2. The van der Waals surface area contributed by atoms with Gasteiger partial charge in [-0.15, -0.1) is 0 Å². The molecule has 196 valence electrons. The standard InChI is InChI=1S/C27H27F2NO6S/c28-27(29)36-23-10-5-9-22-25(23)20-13-12-18(16-37(30,33)34)15-21(20)26(35-22)19-8-4-7-17(14-19)6-2-1-3-11-24(31)32/h4-5,7-10,12-15,26-27H,1-3,6,11,16H2,(H,31,32)(H2,30,33,34). The van der Waals surface area contributed by atoms with E-state index in [-0.39, 0.29) is 17.9 Å². The van der Waals surface area contributed by atoms with E-state index in [1.807, 2.05) is 24.3 Å². The second-order valence-corrected chi connectivity index (χ2v) is 10.5. The van der Waals surface area contributed by atoms with E-state index in [9.17, 15) is 22.0 Å². The van der Waals surface area contributed by atoms with Gasteiger partial charge in [0, 0.05) is 12.0 Å². The molecule has 10 heteroatoms. The van der Waals surface area contributed by atoms with Gasteiger partial charge in [-0.25, -0.2) is 13.6 Å². The maximum atomic E-state index is 13.1. The maximum absolute atomic E-state index is 13.1. The number of carbonyl (C=O) groups is 1. The number of nitrogens with two attached hydrogens (primary N) is 1. The van der Waals surface area contributed by atoms with Crippen molar-refractivity contribution in [2.24, 2.45) is 5.14 Å². The number of rotatable bonds is 11. The third-order valence-corrected chi connectivity index (χ3v) is 6.83. The third kappa shape index (κ3) is 6.84. The number of carboxylic acid groups (broad SMARTS) is 1. The van der Waals surface area contributed by atoms with Gasteiger partial charge in [0.15, 0.2) is 0 Å². The number of hydrogen-bond donors (Lipinski definition) is 2. The number of primary sulfonamides is 1. The number of benzene rings is 3. The Morgan fingerprint density at radius 1 is 1.03 bits per heavy atom. The first-order chi connectivity index (χ1) is 17.6. The highest BCUT2D eigenvalue weighted by Crippen LogP contribution is 2.49. The molecular formula is C27H27F2NO6S. The van der Waals surface area contributed by atoms with Crippen LogP contribution in [0.25, 0.3) is 11.1 Å². The summed E-state index contributed by atoms with van der Waals surface area (Å²) in [6.45, 7) is -3.03. The second-order valence-electron chi connectivity index (χ2n) is 8.93. The monoisotopic (exact) mass is 531 g/mol. The second kappa shape index (κ2) is 11.3. The van der Waals surface area contributed by atoms with Crippen LogP contribution in [0, 0.1) is 0 Å². The molecule has 0 bridgehead atoms. The maximum Gasteiger partial charge on any atom is 0.387 e. The molecule has 0 radical (unpaired) electrons. The van der Waals surface area contributed by atoms with Crippen molar-refractivity contribution in [2.75, 3.05) is 0 Å². The molecule has 37 heavy (non-hydrogen) atoms. The molecule has 0 amide bonds. The molecule has 0 saturated heterocycles. The molecule has 0 aromatic heterocycles. The number of unbranched alkanes of at least 4 members (excludes halogenated alkanes) is 2. The molecule has 0 aliphatic carbocycles. The van der Waals surface area contributed by atoms with E-state index >= 15 is 0 Å². The number of halogens is 2. The SMILES string of the molecule is NS(=O)(=O)Cc1ccc2c(c1)C(c1cccc(CCCCCC(=O)O)c1)Oc1cccc(OC(F)F)c1-2. The molecule has 3 aromatic carbocycles. The average Bonchev–Trinajstić information content (AvgIpc) is 2.82. The van der Waals surface area contributed by atoms with E-state index in [0.29, 0.717) is 34.4 Å². The molecule has 0 saturated carbocycles. The van der Waals surface area contributed by atoms with E-state index in [2.05, 4.69) is 0 Å². The zero-order valence-electron chi connectivity index (χ0n) is 19.9. The molecular weight excluding hydrogens is 504 g/mol. The minimum Gasteiger partial charge on any atom is -0.481 e. The minimum atomic E-state index is -3.80. The highest BCUT2D eigenvalue weighted by atomic mass is 32.2. The van der Waals surface area contributed by atoms with Crippen molar-refractivity contribution < 1.29 is 36.6 Å². The third-order valence-electron chi connectivity index (χ3n) is 6.09. The van der Waals surface area contributed by atoms with Crippen molar-refractivity contribution in [2.45, 2.75) is 50.6 Å². The molecule has 0 fully saturated rings. The lowest BCUT2D eigenvalue weighted by atomic mass is 9.87. The fourth-order valence-corrected chi connectivity index (χ4v) is 5.22. The summed E-state index contributed by atoms with van der Waals surface area (Å²) in [5, 5.41) is 14.1. The van der Waals surface area contributed by atoms with Crippen molar-refractivity contribution in [3.8, 4) is 22.6 Å². The van der Waals surface area contributed by atoms with Crippen LogP contribution in [0.4, 0.5) is 8.78 Å². The van der Waals surface area contributed by atoms with Gasteiger partial charge >= 0.3 is 12.6 Å². The van der Waals surface area contributed by atoms with Gasteiger partial charge in [0.1, 0.15) is 17.6 Å². The lowest BCUT2D eigenvalue weighted by Crippen LogP contribution is -2.18. The lowest BCUT2D eigenvalue weighted by Gasteiger charge is -2.31. The number of fused-ring (bicyclic) bond motifs is 3. The molecule has 7 nitrogen and oxygen atoms in total. The van der Waals surface area contributed by atoms with E-state index in [1.54, 1.807) is 30.3 Å². The van der Waals surface area contributed by atoms with E-state index in [0.717, 1.165) is 30.4 Å². The van der Waals surface area contributed by atoms with Crippen LogP contribution in [0.15, 0.2) is 60.7 Å². The number of ether oxygens (including phenoxy) is 2. The highest BCUT2D eigenvalue weighted by Gasteiger charge is 2.31. The number of sulfonamides is 1. The predicted molar refractivity (Wildman–Crippen MR) is 134 cm³/mol. The van der Waals surface area contributed by atoms with Gasteiger partial charge in [-0.05, 0) is 53.6 Å². The van der Waals surface area contributed by atoms with Crippen LogP contribution in [0.2, 0.25) is 0 Å². The van der Waals surface area contributed by atoms with Crippen LogP contribution in [0.1, 0.15) is 54.0 Å². The Labute approximate surface area is 213 Å². The van der Waals surface area contributed by atoms with Gasteiger partial charge < -0.3 is 14.6 Å². The molecule has 3 aromatic rings. The number of aliphatic carboxylic acids is 1. The number of aryl methyl sites for hydroxylation is 1. The average molecular weight is 532 g/mol. The van der Waals surface area contributed by atoms with Gasteiger partial charge in [0.2, 0.25) is 10.0 Å². The largest absolute Gasteiger partial charge is 0.481 e. The van der Waals surface area contributed by atoms with Crippen molar-refractivity contribution in [3.05, 3.63) is 82.9 Å². The van der Waals surface area contributed by atoms with Gasteiger partial charge in [0.25, 0.3) is 0 Å². The molecule has 0 spiro atoms. The molecule has 1 atom stereocenters. The zero-order chi connectivity index (χ0) is 26.6. The Hall–Kier alpha value is -3.50. The normalized spacial score (nSPS) is 14.5. The molecule has 1 aliphatic heterocycles. The van der Waals surface area contributed by atoms with Gasteiger partial charge in [0.05, 0.1) is 11.3 Å². The topological polar surface area (TPSA) is 116 Å². The predicted octanol–water partition coefficient (Wildman–Crippen LogP) is 5.41. The summed E-state index contributed by atoms with van der Waals surface area (Å²) < 4.78 is 60.8. The Morgan fingerprint density at radius 2 is 1.81 bits per heavy atom. The van der Waals surface area contributed by atoms with Crippen LogP contribution >= 0.6 is 0 Å². The molecule has 3 N–H and O–H groups in total. The van der Waals surface area contributed by atoms with Crippen LogP contribution in [-0.2, 0) is 27.0 Å². The van der Waals surface area contributed by atoms with E-state index in [4.69, 9.17) is 19.7 Å². The first-order valence-electron chi connectivity index (χ1n) is 11.8. The first kappa shape index (κ1) is 26.6. The first-order valence-corrected chi connectivity index (χ1v) is 13.5. The Bertz CT molecular complexity index is 1390. The summed E-state index contributed by atoms with van der Waals surface area (Å²) >= 11 is 0. The smallest absolute Gasteiger partial charge is 0.387 e. The Morgan fingerprint density at radius 3 is 2.54 bits per heavy atom. The van der Waals surface area contributed by atoms with Crippen LogP contribution < -0.4 is 14.6 Å². The van der Waals surface area contributed by atoms with E-state index < -0.39 is 28.7 Å². The molecule has 4 rings (SSSR count). The van der Waals surface area contributed by atoms with Gasteiger partial charge in [-0.2, -0.15) is 8.78 Å². The zero-order valence-corrected chi connectivity index (χ0v) is 20.7. The minimum absolute atomic E-state index is 0.0403. The summed E-state index contributed by atoms with van der Waals surface area (Å²) in [5.41, 5.74) is 3.87. The molecule has 1 unspecified atom stereocenters. The fraction of sp³-hybridized carbons (Fsp3) is 0.296. The summed E-state index contributed by atoms with van der Waals surface area (Å²) in [7, 11) is -3.80.